The second-order valence-electron chi connectivity index (χ2n) is 7.22. The number of urea groups is 1. The Labute approximate surface area is 182 Å². The van der Waals surface area contributed by atoms with Gasteiger partial charge in [0.15, 0.2) is 0 Å². The van der Waals surface area contributed by atoms with Gasteiger partial charge in [0.1, 0.15) is 12.4 Å². The molecule has 8 heteroatoms. The zero-order chi connectivity index (χ0) is 23.0. The lowest BCUT2D eigenvalue weighted by atomic mass is 10.1. The molecule has 0 radical (unpaired) electrons. The third-order valence-electron chi connectivity index (χ3n) is 4.47. The van der Waals surface area contributed by atoms with Crippen molar-refractivity contribution in [1.82, 2.24) is 4.90 Å². The maximum absolute atomic E-state index is 12.4. The summed E-state index contributed by atoms with van der Waals surface area (Å²) in [5, 5.41) is 22.3. The van der Waals surface area contributed by atoms with Crippen molar-refractivity contribution in [2.75, 3.05) is 23.7 Å². The van der Waals surface area contributed by atoms with Crippen LogP contribution in [-0.4, -0.2) is 47.0 Å². The zero-order valence-electron chi connectivity index (χ0n) is 17.8. The first-order valence-electron chi connectivity index (χ1n) is 9.74. The van der Waals surface area contributed by atoms with Crippen LogP contribution in [0.15, 0.2) is 42.5 Å². The van der Waals surface area contributed by atoms with E-state index in [1.165, 1.54) is 4.90 Å². The molecule has 0 unspecified atom stereocenters. The number of carbonyl (C=O) groups is 2. The number of hydrogen-bond acceptors (Lipinski definition) is 4. The first-order valence-corrected chi connectivity index (χ1v) is 9.74. The van der Waals surface area contributed by atoms with E-state index < -0.39 is 12.0 Å². The lowest BCUT2D eigenvalue weighted by Gasteiger charge is -2.25. The topological polar surface area (TPSA) is 132 Å². The number of aliphatic carboxylic acids is 1. The Balaban J connectivity index is 1.97. The average molecular weight is 422 g/mol. The Kier molecular flexibility index (Phi) is 8.03. The van der Waals surface area contributed by atoms with Gasteiger partial charge in [0.05, 0.1) is 6.54 Å². The molecule has 2 aromatic rings. The van der Waals surface area contributed by atoms with Gasteiger partial charge in [-0.15, -0.1) is 0 Å². The lowest BCUT2D eigenvalue weighted by Crippen LogP contribution is -2.43. The van der Waals surface area contributed by atoms with Crippen LogP contribution in [-0.2, 0) is 4.79 Å². The summed E-state index contributed by atoms with van der Waals surface area (Å²) in [7, 11) is 0. The maximum atomic E-state index is 12.4. The molecular weight excluding hydrogens is 394 g/mol. The first kappa shape index (κ1) is 23.3. The molecule has 0 aliphatic carbocycles. The molecule has 31 heavy (non-hydrogen) atoms. The minimum Gasteiger partial charge on any atom is -0.480 e. The Morgan fingerprint density at radius 1 is 1.19 bits per heavy atom. The second-order valence-corrected chi connectivity index (χ2v) is 7.22. The van der Waals surface area contributed by atoms with Crippen LogP contribution in [0.4, 0.5) is 16.2 Å². The molecule has 8 nitrogen and oxygen atoms in total. The van der Waals surface area contributed by atoms with Crippen LogP contribution >= 0.6 is 0 Å². The van der Waals surface area contributed by atoms with Crippen molar-refractivity contribution in [2.24, 2.45) is 5.73 Å². The van der Waals surface area contributed by atoms with Gasteiger partial charge >= 0.3 is 12.0 Å². The summed E-state index contributed by atoms with van der Waals surface area (Å²) in [6, 6.07) is 11.9. The fraction of sp³-hybridized carbons (Fsp3) is 0.261. The summed E-state index contributed by atoms with van der Waals surface area (Å²) >= 11 is 0. The Bertz CT molecular complexity index is 1020. The molecular formula is C23H27N5O3. The number of hydrogen-bond donors (Lipinski definition) is 5. The average Bonchev–Trinajstić information content (AvgIpc) is 2.71. The van der Waals surface area contributed by atoms with Crippen molar-refractivity contribution in [3.8, 4) is 11.8 Å². The Morgan fingerprint density at radius 3 is 2.42 bits per heavy atom. The third kappa shape index (κ3) is 7.08. The summed E-state index contributed by atoms with van der Waals surface area (Å²) in [5.74, 6) is 5.07. The number of rotatable bonds is 7. The normalized spacial score (nSPS) is 10.1. The fourth-order valence-electron chi connectivity index (χ4n) is 2.76. The van der Waals surface area contributed by atoms with Crippen LogP contribution < -0.4 is 16.4 Å². The number of benzene rings is 2. The van der Waals surface area contributed by atoms with Crippen molar-refractivity contribution >= 4 is 29.2 Å². The van der Waals surface area contributed by atoms with E-state index in [2.05, 4.69) is 22.5 Å². The molecule has 6 N–H and O–H groups in total. The van der Waals surface area contributed by atoms with E-state index in [1.54, 1.807) is 38.1 Å². The summed E-state index contributed by atoms with van der Waals surface area (Å²) < 4.78 is 0. The molecule has 0 bridgehead atoms. The molecule has 0 atom stereocenters. The van der Waals surface area contributed by atoms with Gasteiger partial charge in [-0.1, -0.05) is 11.8 Å². The molecule has 0 aromatic heterocycles. The molecule has 2 rings (SSSR count). The van der Waals surface area contributed by atoms with Gasteiger partial charge in [-0.25, -0.2) is 4.79 Å². The molecule has 0 saturated carbocycles. The van der Waals surface area contributed by atoms with E-state index in [-0.39, 0.29) is 18.4 Å². The number of carboxylic acid groups (broad SMARTS) is 1. The van der Waals surface area contributed by atoms with E-state index in [9.17, 15) is 9.59 Å². The predicted molar refractivity (Wildman–Crippen MR) is 123 cm³/mol. The van der Waals surface area contributed by atoms with Gasteiger partial charge in [-0.05, 0) is 68.8 Å². The SMILES string of the molecule is Cc1cc(C#CCNc2ccc(C(=N)N)cc2)ccc1NC(=O)N(CC(=O)O)C(C)C. The van der Waals surface area contributed by atoms with Crippen LogP contribution in [0.3, 0.4) is 0 Å². The summed E-state index contributed by atoms with van der Waals surface area (Å²) in [5.41, 5.74) is 9.22. The lowest BCUT2D eigenvalue weighted by molar-refractivity contribution is -0.137. The third-order valence-corrected chi connectivity index (χ3v) is 4.47. The van der Waals surface area contributed by atoms with Crippen molar-refractivity contribution in [2.45, 2.75) is 26.8 Å². The highest BCUT2D eigenvalue weighted by Gasteiger charge is 2.20. The highest BCUT2D eigenvalue weighted by molar-refractivity contribution is 5.95. The smallest absolute Gasteiger partial charge is 0.323 e. The number of aryl methyl sites for hydroxylation is 1. The molecule has 162 valence electrons. The molecule has 0 saturated heterocycles. The van der Waals surface area contributed by atoms with Gasteiger partial charge in [0.25, 0.3) is 0 Å². The van der Waals surface area contributed by atoms with E-state index in [1.807, 2.05) is 25.1 Å². The number of carbonyl (C=O) groups excluding carboxylic acids is 1. The Morgan fingerprint density at radius 2 is 1.87 bits per heavy atom. The summed E-state index contributed by atoms with van der Waals surface area (Å²) in [6.45, 7) is 5.46. The molecule has 2 amide bonds. The predicted octanol–water partition coefficient (Wildman–Crippen LogP) is 3.07. The summed E-state index contributed by atoms with van der Waals surface area (Å²) in [6.07, 6.45) is 0. The largest absolute Gasteiger partial charge is 0.480 e. The number of amidine groups is 1. The molecule has 0 heterocycles. The molecule has 0 aliphatic heterocycles. The van der Waals surface area contributed by atoms with Crippen molar-refractivity contribution < 1.29 is 14.7 Å². The standard InChI is InChI=1S/C23H27N5O3/c1-15(2)28(14-21(29)30)23(31)27-20-11-6-17(13-16(20)3)5-4-12-26-19-9-7-18(8-10-19)22(24)25/h6-11,13,15,26H,12,14H2,1-3H3,(H3,24,25)(H,27,31)(H,29,30). The van der Waals surface area contributed by atoms with Crippen molar-refractivity contribution in [1.29, 1.82) is 5.41 Å². The first-order chi connectivity index (χ1) is 14.7. The molecule has 2 aromatic carbocycles. The minimum absolute atomic E-state index is 0.0279. The monoisotopic (exact) mass is 421 g/mol. The van der Waals surface area contributed by atoms with E-state index >= 15 is 0 Å². The van der Waals surface area contributed by atoms with Crippen molar-refractivity contribution in [3.05, 3.63) is 59.2 Å². The summed E-state index contributed by atoms with van der Waals surface area (Å²) in [4.78, 5) is 24.7. The number of carboxylic acids is 1. The van der Waals surface area contributed by atoms with Gasteiger partial charge in [-0.2, -0.15) is 0 Å². The minimum atomic E-state index is -1.06. The van der Waals surface area contributed by atoms with E-state index in [0.29, 0.717) is 17.8 Å². The van der Waals surface area contributed by atoms with Gasteiger partial charge in [0, 0.05) is 28.5 Å². The second kappa shape index (κ2) is 10.7. The zero-order valence-corrected chi connectivity index (χ0v) is 17.8. The van der Waals surface area contributed by atoms with Crippen LogP contribution in [0.25, 0.3) is 0 Å². The maximum Gasteiger partial charge on any atom is 0.323 e. The van der Waals surface area contributed by atoms with Crippen LogP contribution in [0.2, 0.25) is 0 Å². The fourth-order valence-corrected chi connectivity index (χ4v) is 2.76. The number of nitrogen functional groups attached to an aromatic ring is 1. The van der Waals surface area contributed by atoms with Gasteiger partial charge in [0.2, 0.25) is 0 Å². The Hall–Kier alpha value is -3.99. The van der Waals surface area contributed by atoms with Crippen LogP contribution in [0, 0.1) is 24.2 Å². The molecule has 0 fully saturated rings. The number of anilines is 2. The van der Waals surface area contributed by atoms with Crippen LogP contribution in [0.5, 0.6) is 0 Å². The number of nitrogens with zero attached hydrogens (tertiary/aromatic N) is 1. The van der Waals surface area contributed by atoms with Gasteiger partial charge in [-0.3, -0.25) is 10.2 Å². The number of nitrogens with one attached hydrogen (secondary N) is 3. The highest BCUT2D eigenvalue weighted by Crippen LogP contribution is 2.17. The number of amides is 2. The number of nitrogens with two attached hydrogens (primary N) is 1. The van der Waals surface area contributed by atoms with Crippen molar-refractivity contribution in [3.63, 3.8) is 0 Å². The van der Waals surface area contributed by atoms with Gasteiger partial charge < -0.3 is 26.4 Å². The highest BCUT2D eigenvalue weighted by atomic mass is 16.4. The van der Waals surface area contributed by atoms with E-state index in [0.717, 1.165) is 16.8 Å². The molecule has 0 aliphatic rings. The quantitative estimate of drug-likeness (QED) is 0.266. The molecule has 0 spiro atoms. The van der Waals surface area contributed by atoms with Crippen LogP contribution in [0.1, 0.15) is 30.5 Å². The van der Waals surface area contributed by atoms with E-state index in [4.69, 9.17) is 16.2 Å².